The van der Waals surface area contributed by atoms with Gasteiger partial charge in [-0.3, -0.25) is 0 Å². The SMILES string of the molecule is COc1ccc2nc(NC34CC5CC(CC(C5)C3)C4)ccc2c1. The molecule has 0 aliphatic heterocycles. The molecule has 4 aliphatic rings. The molecular formula is C20H24N2O. The van der Waals surface area contributed by atoms with Crippen LogP contribution in [0.1, 0.15) is 38.5 Å². The maximum atomic E-state index is 5.30. The Kier molecular flexibility index (Phi) is 2.88. The van der Waals surface area contributed by atoms with Gasteiger partial charge in [-0.1, -0.05) is 0 Å². The fraction of sp³-hybridized carbons (Fsp3) is 0.550. The van der Waals surface area contributed by atoms with Gasteiger partial charge in [0.05, 0.1) is 12.6 Å². The molecule has 1 heterocycles. The van der Waals surface area contributed by atoms with E-state index in [1.54, 1.807) is 7.11 Å². The number of aromatic nitrogens is 1. The molecule has 0 atom stereocenters. The fourth-order valence-corrected chi connectivity index (χ4v) is 5.84. The summed E-state index contributed by atoms with van der Waals surface area (Å²) < 4.78 is 5.30. The van der Waals surface area contributed by atoms with Gasteiger partial charge >= 0.3 is 0 Å². The van der Waals surface area contributed by atoms with Crippen molar-refractivity contribution < 1.29 is 4.74 Å². The van der Waals surface area contributed by atoms with Gasteiger partial charge in [0.2, 0.25) is 0 Å². The van der Waals surface area contributed by atoms with Crippen molar-refractivity contribution >= 4 is 16.7 Å². The normalized spacial score (nSPS) is 34.7. The van der Waals surface area contributed by atoms with Gasteiger partial charge < -0.3 is 10.1 Å². The summed E-state index contributed by atoms with van der Waals surface area (Å²) in [5.41, 5.74) is 1.36. The molecule has 1 N–H and O–H groups in total. The monoisotopic (exact) mass is 308 g/mol. The molecular weight excluding hydrogens is 284 g/mol. The van der Waals surface area contributed by atoms with Crippen molar-refractivity contribution in [3.63, 3.8) is 0 Å². The molecule has 1 aromatic heterocycles. The van der Waals surface area contributed by atoms with Gasteiger partial charge in [-0.25, -0.2) is 4.98 Å². The highest BCUT2D eigenvalue weighted by atomic mass is 16.5. The molecule has 0 unspecified atom stereocenters. The molecule has 0 spiro atoms. The van der Waals surface area contributed by atoms with Crippen LogP contribution in [0.4, 0.5) is 5.82 Å². The Morgan fingerprint density at radius 1 is 1.00 bits per heavy atom. The summed E-state index contributed by atoms with van der Waals surface area (Å²) in [4.78, 5) is 4.86. The van der Waals surface area contributed by atoms with Crippen molar-refractivity contribution in [3.8, 4) is 5.75 Å². The molecule has 3 heteroatoms. The molecule has 3 nitrogen and oxygen atoms in total. The van der Waals surface area contributed by atoms with Crippen LogP contribution in [0, 0.1) is 17.8 Å². The molecule has 0 amide bonds. The van der Waals surface area contributed by atoms with Gasteiger partial charge in [0.1, 0.15) is 11.6 Å². The van der Waals surface area contributed by atoms with E-state index in [9.17, 15) is 0 Å². The lowest BCUT2D eigenvalue weighted by Gasteiger charge is -2.57. The zero-order valence-electron chi connectivity index (χ0n) is 13.7. The van der Waals surface area contributed by atoms with Crippen LogP contribution in [0.5, 0.6) is 5.75 Å². The van der Waals surface area contributed by atoms with E-state index in [1.165, 1.54) is 38.5 Å². The Bertz CT molecular complexity index is 719. The van der Waals surface area contributed by atoms with Crippen LogP contribution in [0.2, 0.25) is 0 Å². The molecule has 2 aromatic rings. The van der Waals surface area contributed by atoms with Crippen LogP contribution in [-0.4, -0.2) is 17.6 Å². The average molecular weight is 308 g/mol. The molecule has 4 aliphatic carbocycles. The first-order valence-corrected chi connectivity index (χ1v) is 8.94. The summed E-state index contributed by atoms with van der Waals surface area (Å²) in [6.45, 7) is 0. The molecule has 120 valence electrons. The van der Waals surface area contributed by atoms with Crippen molar-refractivity contribution in [2.45, 2.75) is 44.1 Å². The van der Waals surface area contributed by atoms with Crippen LogP contribution in [0.3, 0.4) is 0 Å². The molecule has 4 bridgehead atoms. The van der Waals surface area contributed by atoms with Crippen molar-refractivity contribution in [3.05, 3.63) is 30.3 Å². The lowest BCUT2D eigenvalue weighted by molar-refractivity contribution is 0.0105. The second-order valence-corrected chi connectivity index (χ2v) is 8.08. The second kappa shape index (κ2) is 4.86. The number of rotatable bonds is 3. The summed E-state index contributed by atoms with van der Waals surface area (Å²) >= 11 is 0. The smallest absolute Gasteiger partial charge is 0.127 e. The molecule has 0 radical (unpaired) electrons. The van der Waals surface area contributed by atoms with Crippen LogP contribution < -0.4 is 10.1 Å². The quantitative estimate of drug-likeness (QED) is 0.898. The van der Waals surface area contributed by atoms with E-state index in [4.69, 9.17) is 9.72 Å². The summed E-state index contributed by atoms with van der Waals surface area (Å²) in [5, 5.41) is 5.00. The van der Waals surface area contributed by atoms with Gasteiger partial charge in [0, 0.05) is 10.9 Å². The summed E-state index contributed by atoms with van der Waals surface area (Å²) in [7, 11) is 1.71. The number of methoxy groups -OCH3 is 1. The zero-order chi connectivity index (χ0) is 15.4. The maximum absolute atomic E-state index is 5.30. The van der Waals surface area contributed by atoms with Crippen LogP contribution in [0.15, 0.2) is 30.3 Å². The van der Waals surface area contributed by atoms with E-state index in [-0.39, 0.29) is 0 Å². The topological polar surface area (TPSA) is 34.1 Å². The highest BCUT2D eigenvalue weighted by Gasteiger charge is 2.51. The molecule has 1 aromatic carbocycles. The summed E-state index contributed by atoms with van der Waals surface area (Å²) in [6.07, 6.45) is 8.48. The first-order valence-electron chi connectivity index (χ1n) is 8.94. The van der Waals surface area contributed by atoms with Gasteiger partial charge in [0.25, 0.3) is 0 Å². The van der Waals surface area contributed by atoms with E-state index in [1.807, 2.05) is 6.07 Å². The van der Waals surface area contributed by atoms with Crippen LogP contribution >= 0.6 is 0 Å². The minimum Gasteiger partial charge on any atom is -0.497 e. The Hall–Kier alpha value is -1.77. The number of pyridine rings is 1. The van der Waals surface area contributed by atoms with Crippen molar-refractivity contribution in [1.82, 2.24) is 4.98 Å². The number of nitrogens with one attached hydrogen (secondary N) is 1. The number of fused-ring (bicyclic) bond motifs is 1. The third kappa shape index (κ3) is 2.29. The Morgan fingerprint density at radius 2 is 1.70 bits per heavy atom. The van der Waals surface area contributed by atoms with E-state index in [0.29, 0.717) is 5.54 Å². The summed E-state index contributed by atoms with van der Waals surface area (Å²) in [6, 6.07) is 10.4. The molecule has 6 rings (SSSR count). The fourth-order valence-electron chi connectivity index (χ4n) is 5.84. The van der Waals surface area contributed by atoms with Crippen molar-refractivity contribution in [2.75, 3.05) is 12.4 Å². The minimum absolute atomic E-state index is 0.321. The van der Waals surface area contributed by atoms with Crippen molar-refractivity contribution in [1.29, 1.82) is 0 Å². The van der Waals surface area contributed by atoms with Crippen molar-refractivity contribution in [2.24, 2.45) is 17.8 Å². The number of hydrogen-bond acceptors (Lipinski definition) is 3. The highest BCUT2D eigenvalue weighted by molar-refractivity contribution is 5.81. The second-order valence-electron chi connectivity index (χ2n) is 8.08. The number of anilines is 1. The number of nitrogens with zero attached hydrogens (tertiary/aromatic N) is 1. The molecule has 4 saturated carbocycles. The zero-order valence-corrected chi connectivity index (χ0v) is 13.7. The molecule has 0 saturated heterocycles. The van der Waals surface area contributed by atoms with E-state index >= 15 is 0 Å². The largest absolute Gasteiger partial charge is 0.497 e. The first-order chi connectivity index (χ1) is 11.2. The summed E-state index contributed by atoms with van der Waals surface area (Å²) in [5.74, 6) is 4.81. The highest BCUT2D eigenvalue weighted by Crippen LogP contribution is 2.56. The maximum Gasteiger partial charge on any atom is 0.127 e. The predicted octanol–water partition coefficient (Wildman–Crippen LogP) is 4.62. The number of benzene rings is 1. The minimum atomic E-state index is 0.321. The first kappa shape index (κ1) is 13.6. The van der Waals surface area contributed by atoms with Crippen LogP contribution in [0.25, 0.3) is 10.9 Å². The standard InChI is InChI=1S/C20H24N2O/c1-23-17-3-4-18-16(9-17)2-5-19(21-18)22-20-10-13-6-14(11-20)8-15(7-13)12-20/h2-5,9,13-15H,6-8,10-12H2,1H3,(H,21,22). The van der Waals surface area contributed by atoms with Gasteiger partial charge in [0.15, 0.2) is 0 Å². The lowest BCUT2D eigenvalue weighted by atomic mass is 9.53. The Morgan fingerprint density at radius 3 is 2.35 bits per heavy atom. The predicted molar refractivity (Wildman–Crippen MR) is 92.8 cm³/mol. The number of ether oxygens (including phenoxy) is 1. The van der Waals surface area contributed by atoms with E-state index in [2.05, 4.69) is 29.6 Å². The van der Waals surface area contributed by atoms with E-state index < -0.39 is 0 Å². The van der Waals surface area contributed by atoms with Gasteiger partial charge in [-0.2, -0.15) is 0 Å². The van der Waals surface area contributed by atoms with Gasteiger partial charge in [-0.05, 0) is 86.6 Å². The lowest BCUT2D eigenvalue weighted by Crippen LogP contribution is -2.54. The van der Waals surface area contributed by atoms with Crippen LogP contribution in [-0.2, 0) is 0 Å². The third-order valence-electron chi connectivity index (χ3n) is 6.33. The van der Waals surface area contributed by atoms with E-state index in [0.717, 1.165) is 40.2 Å². The molecule has 23 heavy (non-hydrogen) atoms. The third-order valence-corrected chi connectivity index (χ3v) is 6.33. The number of hydrogen-bond donors (Lipinski definition) is 1. The Labute approximate surface area is 137 Å². The molecule has 4 fully saturated rings. The average Bonchev–Trinajstić information content (AvgIpc) is 2.52. The van der Waals surface area contributed by atoms with Gasteiger partial charge in [-0.15, -0.1) is 0 Å². The Balaban J connectivity index is 1.45.